The first-order valence-corrected chi connectivity index (χ1v) is 4.13. The molecule has 62 valence electrons. The van der Waals surface area contributed by atoms with Crippen LogP contribution >= 0.6 is 0 Å². The first kappa shape index (κ1) is 8.58. The molecule has 1 aliphatic carbocycles. The Kier molecular flexibility index (Phi) is 3.41. The minimum absolute atomic E-state index is 0.353. The molecule has 1 aliphatic rings. The fraction of sp³-hybridized carbons (Fsp3) is 0.778. The molecule has 0 amide bonds. The Morgan fingerprint density at radius 3 is 2.91 bits per heavy atom. The normalized spacial score (nSPS) is 30.2. The van der Waals surface area contributed by atoms with E-state index in [4.69, 9.17) is 16.9 Å². The molecule has 0 aromatic rings. The molecule has 1 fully saturated rings. The number of hydrogen-bond donors (Lipinski definition) is 1. The molecule has 0 aliphatic heterocycles. The first-order valence-electron chi connectivity index (χ1n) is 4.13. The van der Waals surface area contributed by atoms with Crippen molar-refractivity contribution >= 4 is 0 Å². The molecule has 0 saturated heterocycles. The van der Waals surface area contributed by atoms with Crippen LogP contribution in [-0.4, -0.2) is 18.8 Å². The highest BCUT2D eigenvalue weighted by atomic mass is 16.5. The van der Waals surface area contributed by atoms with Gasteiger partial charge in [0.2, 0.25) is 0 Å². The van der Waals surface area contributed by atoms with Crippen LogP contribution in [0.15, 0.2) is 0 Å². The van der Waals surface area contributed by atoms with Gasteiger partial charge in [0.1, 0.15) is 0 Å². The van der Waals surface area contributed by atoms with Crippen molar-refractivity contribution in [1.29, 1.82) is 0 Å². The van der Waals surface area contributed by atoms with Gasteiger partial charge >= 0.3 is 0 Å². The quantitative estimate of drug-likeness (QED) is 0.483. The maximum absolute atomic E-state index is 5.71. The maximum Gasteiger partial charge on any atom is 0.0590 e. The summed E-state index contributed by atoms with van der Waals surface area (Å²) >= 11 is 0. The molecule has 0 bridgehead atoms. The molecule has 1 rings (SSSR count). The average molecular weight is 153 g/mol. The fourth-order valence-corrected chi connectivity index (χ4v) is 1.41. The van der Waals surface area contributed by atoms with Gasteiger partial charge in [-0.3, -0.25) is 0 Å². The molecule has 0 radical (unpaired) electrons. The van der Waals surface area contributed by atoms with E-state index < -0.39 is 0 Å². The average Bonchev–Trinajstić information content (AvgIpc) is 2.37. The van der Waals surface area contributed by atoms with Gasteiger partial charge in [-0.05, 0) is 19.3 Å². The van der Waals surface area contributed by atoms with Gasteiger partial charge in [0, 0.05) is 12.5 Å². The van der Waals surface area contributed by atoms with Gasteiger partial charge in [-0.1, -0.05) is 0 Å². The van der Waals surface area contributed by atoms with Gasteiger partial charge < -0.3 is 10.5 Å². The Hall–Kier alpha value is -0.520. The van der Waals surface area contributed by atoms with Crippen LogP contribution in [0.5, 0.6) is 0 Å². The third-order valence-corrected chi connectivity index (χ3v) is 2.03. The monoisotopic (exact) mass is 153 g/mol. The molecule has 2 unspecified atom stereocenters. The fourth-order valence-electron chi connectivity index (χ4n) is 1.41. The second-order valence-electron chi connectivity index (χ2n) is 3.02. The van der Waals surface area contributed by atoms with Crippen molar-refractivity contribution in [2.75, 3.05) is 6.61 Å². The predicted octanol–water partition coefficient (Wildman–Crippen LogP) is 0.906. The van der Waals surface area contributed by atoms with Crippen molar-refractivity contribution in [3.63, 3.8) is 0 Å². The lowest BCUT2D eigenvalue weighted by Gasteiger charge is -2.09. The van der Waals surface area contributed by atoms with Crippen molar-refractivity contribution in [3.05, 3.63) is 0 Å². The second-order valence-corrected chi connectivity index (χ2v) is 3.02. The summed E-state index contributed by atoms with van der Waals surface area (Å²) in [5, 5.41) is 0. The summed E-state index contributed by atoms with van der Waals surface area (Å²) in [6.45, 7) is 0.688. The van der Waals surface area contributed by atoms with Crippen molar-refractivity contribution in [2.24, 2.45) is 5.73 Å². The zero-order valence-electron chi connectivity index (χ0n) is 6.75. The second kappa shape index (κ2) is 4.38. The van der Waals surface area contributed by atoms with Crippen molar-refractivity contribution in [3.8, 4) is 12.3 Å². The minimum atomic E-state index is 0.353. The summed E-state index contributed by atoms with van der Waals surface area (Å²) < 4.78 is 5.49. The summed E-state index contributed by atoms with van der Waals surface area (Å²) in [6, 6.07) is 0.353. The van der Waals surface area contributed by atoms with E-state index in [9.17, 15) is 0 Å². The van der Waals surface area contributed by atoms with Crippen LogP contribution in [0.25, 0.3) is 0 Å². The lowest BCUT2D eigenvalue weighted by Crippen LogP contribution is -2.17. The predicted molar refractivity (Wildman–Crippen MR) is 45.0 cm³/mol. The van der Waals surface area contributed by atoms with E-state index in [1.807, 2.05) is 0 Å². The highest BCUT2D eigenvalue weighted by Crippen LogP contribution is 2.20. The van der Waals surface area contributed by atoms with Crippen molar-refractivity contribution < 1.29 is 4.74 Å². The molecule has 2 nitrogen and oxygen atoms in total. The third-order valence-electron chi connectivity index (χ3n) is 2.03. The van der Waals surface area contributed by atoms with Gasteiger partial charge in [0.15, 0.2) is 0 Å². The molecule has 2 heteroatoms. The standard InChI is InChI=1S/C9H15NO/c1-2-3-6-11-9-5-4-8(10)7-9/h1,8-9H,3-7,10H2. The molecule has 1 saturated carbocycles. The first-order chi connectivity index (χ1) is 5.33. The van der Waals surface area contributed by atoms with E-state index in [1.54, 1.807) is 0 Å². The minimum Gasteiger partial charge on any atom is -0.377 e. The summed E-state index contributed by atoms with van der Waals surface area (Å²) in [6.07, 6.45) is 9.38. The maximum atomic E-state index is 5.71. The molecule has 0 aromatic heterocycles. The number of ether oxygens (including phenoxy) is 1. The van der Waals surface area contributed by atoms with Crippen LogP contribution in [0.1, 0.15) is 25.7 Å². The number of nitrogens with two attached hydrogens (primary N) is 1. The largest absolute Gasteiger partial charge is 0.377 e. The summed E-state index contributed by atoms with van der Waals surface area (Å²) in [5.41, 5.74) is 5.71. The van der Waals surface area contributed by atoms with Gasteiger partial charge in [-0.15, -0.1) is 12.3 Å². The summed E-state index contributed by atoms with van der Waals surface area (Å²) in [4.78, 5) is 0. The van der Waals surface area contributed by atoms with Crippen LogP contribution in [0.4, 0.5) is 0 Å². The lowest BCUT2D eigenvalue weighted by molar-refractivity contribution is 0.0618. The molecule has 11 heavy (non-hydrogen) atoms. The molecular formula is C9H15NO. The molecule has 2 N–H and O–H groups in total. The van der Waals surface area contributed by atoms with Crippen LogP contribution in [0, 0.1) is 12.3 Å². The van der Waals surface area contributed by atoms with Crippen molar-refractivity contribution in [1.82, 2.24) is 0 Å². The smallest absolute Gasteiger partial charge is 0.0590 e. The van der Waals surface area contributed by atoms with Crippen LogP contribution in [0.3, 0.4) is 0 Å². The Morgan fingerprint density at radius 1 is 1.55 bits per heavy atom. The molecule has 0 heterocycles. The van der Waals surface area contributed by atoms with Gasteiger partial charge in [-0.2, -0.15) is 0 Å². The van der Waals surface area contributed by atoms with E-state index in [1.165, 1.54) is 0 Å². The number of hydrogen-bond acceptors (Lipinski definition) is 2. The van der Waals surface area contributed by atoms with Crippen molar-refractivity contribution in [2.45, 2.75) is 37.8 Å². The highest BCUT2D eigenvalue weighted by Gasteiger charge is 2.21. The summed E-state index contributed by atoms with van der Waals surface area (Å²) in [5.74, 6) is 2.55. The SMILES string of the molecule is C#CCCOC1CCC(N)C1. The van der Waals surface area contributed by atoms with Gasteiger partial charge in [0.25, 0.3) is 0 Å². The Morgan fingerprint density at radius 2 is 2.36 bits per heavy atom. The van der Waals surface area contributed by atoms with E-state index in [0.29, 0.717) is 25.2 Å². The Bertz CT molecular complexity index is 150. The van der Waals surface area contributed by atoms with Gasteiger partial charge in [-0.25, -0.2) is 0 Å². The molecule has 0 spiro atoms. The Labute approximate surface area is 68.1 Å². The molecule has 0 aromatic carbocycles. The zero-order valence-corrected chi connectivity index (χ0v) is 6.75. The topological polar surface area (TPSA) is 35.2 Å². The van der Waals surface area contributed by atoms with E-state index in [-0.39, 0.29) is 0 Å². The van der Waals surface area contributed by atoms with Crippen LogP contribution in [0.2, 0.25) is 0 Å². The van der Waals surface area contributed by atoms with E-state index >= 15 is 0 Å². The third kappa shape index (κ3) is 2.92. The van der Waals surface area contributed by atoms with E-state index in [2.05, 4.69) is 5.92 Å². The number of rotatable bonds is 3. The molecule has 2 atom stereocenters. The zero-order chi connectivity index (χ0) is 8.10. The summed E-state index contributed by atoms with van der Waals surface area (Å²) in [7, 11) is 0. The molecular weight excluding hydrogens is 138 g/mol. The van der Waals surface area contributed by atoms with E-state index in [0.717, 1.165) is 19.3 Å². The van der Waals surface area contributed by atoms with Gasteiger partial charge in [0.05, 0.1) is 12.7 Å². The Balaban J connectivity index is 2.05. The highest BCUT2D eigenvalue weighted by molar-refractivity contribution is 4.84. The van der Waals surface area contributed by atoms with Crippen LogP contribution < -0.4 is 5.73 Å². The van der Waals surface area contributed by atoms with Crippen LogP contribution in [-0.2, 0) is 4.74 Å². The lowest BCUT2D eigenvalue weighted by atomic mass is 10.3. The number of terminal acetylenes is 1.